The van der Waals surface area contributed by atoms with Gasteiger partial charge in [-0.3, -0.25) is 52.9 Å². The van der Waals surface area contributed by atoms with Gasteiger partial charge in [0.2, 0.25) is 59.1 Å². The van der Waals surface area contributed by atoms with Gasteiger partial charge in [-0.1, -0.05) is 63.9 Å². The van der Waals surface area contributed by atoms with Crippen molar-refractivity contribution in [3.05, 3.63) is 35.9 Å². The Morgan fingerprint density at radius 2 is 1.24 bits per heavy atom. The quantitative estimate of drug-likeness (QED) is 0.0132. The number of benzene rings is 1. The Bertz CT molecular complexity index is 2410. The lowest BCUT2D eigenvalue weighted by molar-refractivity contribution is -0.148. The molecule has 2 aliphatic rings. The molecule has 2 fully saturated rings. The third kappa shape index (κ3) is 22.7. The van der Waals surface area contributed by atoms with E-state index in [-0.39, 0.29) is 101 Å². The van der Waals surface area contributed by atoms with E-state index < -0.39 is 137 Å². The monoisotopic (exact) mass is 1210 g/mol. The normalized spacial score (nSPS) is 19.0. The second kappa shape index (κ2) is 36.1. The predicted molar refractivity (Wildman–Crippen MR) is 313 cm³/mol. The van der Waals surface area contributed by atoms with Crippen LogP contribution >= 0.6 is 25.3 Å². The van der Waals surface area contributed by atoms with E-state index in [0.29, 0.717) is 37.7 Å². The fraction of sp³-hybridized carbons (Fsp3) is 0.660. The number of carboxylic acid groups (broad SMARTS) is 1. The number of carboxylic acids is 1. The number of primary amides is 1. The zero-order chi connectivity index (χ0) is 61.9. The van der Waals surface area contributed by atoms with E-state index in [1.165, 1.54) is 9.80 Å². The fourth-order valence-corrected chi connectivity index (χ4v) is 9.94. The average Bonchev–Trinajstić information content (AvgIpc) is 3.96. The van der Waals surface area contributed by atoms with E-state index in [9.17, 15) is 63.0 Å². The van der Waals surface area contributed by atoms with Gasteiger partial charge in [0, 0.05) is 50.4 Å². The Balaban J connectivity index is 1.94. The molecule has 1 aromatic carbocycles. The number of aliphatic carboxylic acids is 1. The lowest BCUT2D eigenvalue weighted by Crippen LogP contribution is -2.61. The molecule has 12 atom stereocenters. The van der Waals surface area contributed by atoms with Crippen LogP contribution in [0.1, 0.15) is 110 Å². The molecular formula is C53H87N15O13S2. The van der Waals surface area contributed by atoms with Crippen molar-refractivity contribution in [2.45, 2.75) is 177 Å². The molecule has 0 unspecified atom stereocenters. The molecule has 1 aromatic rings. The first-order valence-corrected chi connectivity index (χ1v) is 29.4. The van der Waals surface area contributed by atoms with Crippen molar-refractivity contribution in [2.24, 2.45) is 39.6 Å². The third-order valence-electron chi connectivity index (χ3n) is 14.4. The first-order valence-electron chi connectivity index (χ1n) is 28.1. The number of carbonyl (C=O) groups excluding carboxylic acids is 10. The van der Waals surface area contributed by atoms with Gasteiger partial charge in [-0.2, -0.15) is 25.3 Å². The summed E-state index contributed by atoms with van der Waals surface area (Å²) in [5.74, 6) is -10.0. The number of aliphatic imine (C=N–C) groups is 1. The van der Waals surface area contributed by atoms with Crippen LogP contribution in [-0.2, 0) is 59.2 Å². The van der Waals surface area contributed by atoms with E-state index in [0.717, 1.165) is 0 Å². The predicted octanol–water partition coefficient (Wildman–Crippen LogP) is -3.86. The number of amides is 10. The van der Waals surface area contributed by atoms with Crippen LogP contribution in [0.5, 0.6) is 0 Å². The molecule has 0 aromatic heterocycles. The van der Waals surface area contributed by atoms with Crippen LogP contribution in [0, 0.1) is 5.92 Å². The molecule has 0 radical (unpaired) electrons. The number of unbranched alkanes of at least 4 members (excludes halogenated alkanes) is 1. The number of thiol groups is 2. The molecule has 2 saturated heterocycles. The molecule has 28 nitrogen and oxygen atoms in total. The Kier molecular flexibility index (Phi) is 30.6. The fourth-order valence-electron chi connectivity index (χ4n) is 9.53. The summed E-state index contributed by atoms with van der Waals surface area (Å²) in [4.78, 5) is 157. The molecule has 3 rings (SSSR count). The molecule has 0 spiro atoms. The van der Waals surface area contributed by atoms with Crippen LogP contribution in [0.4, 0.5) is 0 Å². The zero-order valence-corrected chi connectivity index (χ0v) is 49.3. The number of aliphatic hydroxyl groups excluding tert-OH is 1. The lowest BCUT2D eigenvalue weighted by atomic mass is 9.97. The zero-order valence-electron chi connectivity index (χ0n) is 47.5. The Morgan fingerprint density at radius 1 is 0.687 bits per heavy atom. The van der Waals surface area contributed by atoms with Gasteiger partial charge in [0.25, 0.3) is 0 Å². The van der Waals surface area contributed by atoms with Gasteiger partial charge < -0.3 is 85.9 Å². The van der Waals surface area contributed by atoms with Crippen molar-refractivity contribution in [1.29, 1.82) is 0 Å². The molecule has 0 bridgehead atoms. The van der Waals surface area contributed by atoms with Gasteiger partial charge in [-0.15, -0.1) is 0 Å². The molecule has 0 aliphatic carbocycles. The van der Waals surface area contributed by atoms with Gasteiger partial charge in [-0.25, -0.2) is 4.79 Å². The molecule has 10 amide bonds. The van der Waals surface area contributed by atoms with Crippen LogP contribution in [0.15, 0.2) is 35.3 Å². The first-order chi connectivity index (χ1) is 39.4. The van der Waals surface area contributed by atoms with Crippen LogP contribution in [0.3, 0.4) is 0 Å². The van der Waals surface area contributed by atoms with Crippen molar-refractivity contribution in [3.63, 3.8) is 0 Å². The van der Waals surface area contributed by atoms with Crippen molar-refractivity contribution >= 4 is 96.3 Å². The van der Waals surface area contributed by atoms with Crippen molar-refractivity contribution in [3.8, 4) is 0 Å². The number of hydrogen-bond acceptors (Lipinski definition) is 17. The first kappa shape index (κ1) is 70.5. The summed E-state index contributed by atoms with van der Waals surface area (Å²) in [6.07, 6.45) is 0.160. The number of nitrogens with one attached hydrogen (secondary N) is 7. The molecule has 464 valence electrons. The van der Waals surface area contributed by atoms with E-state index in [1.807, 2.05) is 0 Å². The van der Waals surface area contributed by atoms with Crippen molar-refractivity contribution in [1.82, 2.24) is 47.0 Å². The summed E-state index contributed by atoms with van der Waals surface area (Å²) in [6.45, 7) is 5.32. The Hall–Kier alpha value is -6.76. The minimum atomic E-state index is -1.49. The molecule has 83 heavy (non-hydrogen) atoms. The molecular weight excluding hydrogens is 1120 g/mol. The highest BCUT2D eigenvalue weighted by atomic mass is 32.1. The van der Waals surface area contributed by atoms with E-state index in [4.69, 9.17) is 28.7 Å². The maximum atomic E-state index is 15.0. The Morgan fingerprint density at radius 3 is 1.78 bits per heavy atom. The largest absolute Gasteiger partial charge is 0.480 e. The third-order valence-corrected chi connectivity index (χ3v) is 15.1. The van der Waals surface area contributed by atoms with Gasteiger partial charge in [-0.05, 0) is 75.8 Å². The number of β-amino-alcohol motifs (C(OH)–C–C–N with tert-alkyl or cyclic N) is 1. The van der Waals surface area contributed by atoms with Crippen molar-refractivity contribution in [2.75, 3.05) is 37.7 Å². The Labute approximate surface area is 494 Å². The minimum Gasteiger partial charge on any atom is -0.480 e. The summed E-state index contributed by atoms with van der Waals surface area (Å²) in [7, 11) is 0. The number of hydrogen-bond donors (Lipinski definition) is 16. The summed E-state index contributed by atoms with van der Waals surface area (Å²) in [5.41, 5.74) is 28.6. The van der Waals surface area contributed by atoms with Gasteiger partial charge in [0.1, 0.15) is 54.4 Å². The highest BCUT2D eigenvalue weighted by Crippen LogP contribution is 2.27. The smallest absolute Gasteiger partial charge is 0.327 e. The highest BCUT2D eigenvalue weighted by molar-refractivity contribution is 7.80. The van der Waals surface area contributed by atoms with Gasteiger partial charge in [0.15, 0.2) is 5.96 Å². The number of guanidine groups is 1. The minimum absolute atomic E-state index is 0.00795. The van der Waals surface area contributed by atoms with E-state index >= 15 is 0 Å². The standard InChI is InChI=1S/C53H87N15O13S2/c1-4-13-33(44(72)65-38(28-83)52(80)81)63-49(77)42(29(3)5-2)66-48(76)40-25-31(69)26-68(40)51(79)39-18-12-23-67(39)50(78)37(24-30-14-7-6-8-15-30)64-46(74)34(16-9-10-21-54)61-47(75)36(19-20-41(56)70)62-45(73)35(17-11-22-59-53(57)58)60-43(71)32(55)27-82/h6-8,14-15,29,31-40,42,69,82-83H,4-5,9-13,16-28,54-55H2,1-3H3,(H2,56,70)(H,60,71)(H,61,75)(H,62,73)(H,63,77)(H,64,74)(H,65,72)(H,66,76)(H,80,81)(H4,57,58,59)/t29-,31+,32-,33-,34-,35-,36-,37-,38-,39-,40-,42-/m0/s1. The summed E-state index contributed by atoms with van der Waals surface area (Å²) in [5, 5.41) is 38.8. The topological polar surface area (TPSA) is 461 Å². The summed E-state index contributed by atoms with van der Waals surface area (Å²) < 4.78 is 0. The highest BCUT2D eigenvalue weighted by Gasteiger charge is 2.47. The number of nitrogens with two attached hydrogens (primary N) is 5. The van der Waals surface area contributed by atoms with Gasteiger partial charge in [0.05, 0.1) is 12.1 Å². The van der Waals surface area contributed by atoms with Crippen LogP contribution < -0.4 is 65.9 Å². The second-order valence-electron chi connectivity index (χ2n) is 20.9. The number of likely N-dealkylation sites (tertiary alicyclic amines) is 2. The number of rotatable bonds is 36. The molecule has 30 heteroatoms. The number of carbonyl (C=O) groups is 11. The molecule has 0 saturated carbocycles. The number of nitrogens with zero attached hydrogens (tertiary/aromatic N) is 3. The molecule has 2 heterocycles. The second-order valence-corrected chi connectivity index (χ2v) is 21.6. The summed E-state index contributed by atoms with van der Waals surface area (Å²) in [6, 6.07) is -4.10. The summed E-state index contributed by atoms with van der Waals surface area (Å²) >= 11 is 8.05. The van der Waals surface area contributed by atoms with E-state index in [1.54, 1.807) is 51.1 Å². The van der Waals surface area contributed by atoms with Gasteiger partial charge >= 0.3 is 5.97 Å². The average molecular weight is 1210 g/mol. The van der Waals surface area contributed by atoms with E-state index in [2.05, 4.69) is 67.5 Å². The molecule has 19 N–H and O–H groups in total. The SMILES string of the molecule is CCC[C@H](NC(=O)[C@@H](NC(=O)[C@@H]1C[C@@H](O)CN1C(=O)[C@@H]1CCCN1C(=O)[C@H](Cc1ccccc1)NC(=O)[C@H](CCCCN)NC(=O)[C@H](CCC(N)=O)NC(=O)[C@H](CCCN=C(N)N)NC(=O)[C@@H](N)CS)[C@@H](C)CC)C(=O)N[C@@H](CS)C(=O)O. The molecule has 2 aliphatic heterocycles. The van der Waals surface area contributed by atoms with Crippen molar-refractivity contribution < 1.29 is 63.0 Å². The lowest BCUT2D eigenvalue weighted by Gasteiger charge is -2.34. The van der Waals surface area contributed by atoms with Crippen LogP contribution in [-0.4, -0.2) is 195 Å². The van der Waals surface area contributed by atoms with Crippen LogP contribution in [0.2, 0.25) is 0 Å². The number of aliphatic hydroxyl groups is 1. The maximum absolute atomic E-state index is 15.0. The van der Waals surface area contributed by atoms with Crippen LogP contribution in [0.25, 0.3) is 0 Å². The maximum Gasteiger partial charge on any atom is 0.327 e.